The number of likely N-dealkylation sites (tertiary alicyclic amines) is 1. The molecule has 5 N–H and O–H groups in total. The summed E-state index contributed by atoms with van der Waals surface area (Å²) >= 11 is 0. The Kier molecular flexibility index (Phi) is 10.6. The van der Waals surface area contributed by atoms with E-state index in [1.54, 1.807) is 6.92 Å². The first-order valence-electron chi connectivity index (χ1n) is 16.7. The van der Waals surface area contributed by atoms with Crippen LogP contribution in [0.4, 0.5) is 5.82 Å². The number of fused-ring (bicyclic) bond motifs is 1. The fourth-order valence-corrected chi connectivity index (χ4v) is 6.40. The smallest absolute Gasteiger partial charge is 0.289 e. The van der Waals surface area contributed by atoms with Crippen LogP contribution in [0, 0.1) is 5.92 Å². The zero-order valence-electron chi connectivity index (χ0n) is 27.3. The molecule has 0 aliphatic carbocycles. The molecule has 2 aliphatic heterocycles. The maximum Gasteiger partial charge on any atom is 0.289 e. The molecule has 13 heteroatoms. The van der Waals surface area contributed by atoms with Gasteiger partial charge in [0.1, 0.15) is 12.2 Å². The average molecular weight is 657 g/mol. The second kappa shape index (κ2) is 15.2. The molecule has 2 aromatic carbocycles. The molecule has 2 aromatic heterocycles. The number of likely N-dealkylation sites (N-methyl/N-ethyl adjacent to an activating group) is 1. The normalized spacial score (nSPS) is 21.9. The van der Waals surface area contributed by atoms with E-state index in [0.29, 0.717) is 31.0 Å². The van der Waals surface area contributed by atoms with Crippen LogP contribution in [0.25, 0.3) is 11.2 Å². The molecule has 2 saturated heterocycles. The lowest BCUT2D eigenvalue weighted by Gasteiger charge is -2.30. The number of aliphatic hydroxyl groups is 2. The Bertz CT molecular complexity index is 1640. The van der Waals surface area contributed by atoms with E-state index in [2.05, 4.69) is 67.0 Å². The summed E-state index contributed by atoms with van der Waals surface area (Å²) in [5.74, 6) is -0.0628. The number of hydrogen-bond acceptors (Lipinski definition) is 10. The molecule has 254 valence electrons. The van der Waals surface area contributed by atoms with Crippen molar-refractivity contribution in [3.8, 4) is 0 Å². The number of carbonyl (C=O) groups is 2. The van der Waals surface area contributed by atoms with Gasteiger partial charge in [-0.25, -0.2) is 15.0 Å². The molecule has 4 atom stereocenters. The molecule has 4 heterocycles. The summed E-state index contributed by atoms with van der Waals surface area (Å²) in [6, 6.07) is 20.2. The van der Waals surface area contributed by atoms with Crippen LogP contribution in [0.15, 0.2) is 67.0 Å². The number of carbonyl (C=O) groups excluding carboxylic acids is 2. The molecule has 0 spiro atoms. The minimum atomic E-state index is -1.48. The first-order chi connectivity index (χ1) is 23.3. The zero-order valence-corrected chi connectivity index (χ0v) is 27.3. The summed E-state index contributed by atoms with van der Waals surface area (Å²) in [5, 5.41) is 30.7. The maximum atomic E-state index is 13.5. The zero-order chi connectivity index (χ0) is 33.6. The summed E-state index contributed by atoms with van der Waals surface area (Å²) in [7, 11) is 0. The van der Waals surface area contributed by atoms with Crippen molar-refractivity contribution in [3.63, 3.8) is 0 Å². The minimum absolute atomic E-state index is 0.0444. The number of amides is 2. The molecule has 13 nitrogen and oxygen atoms in total. The fourth-order valence-electron chi connectivity index (χ4n) is 6.40. The molecule has 2 amide bonds. The molecule has 0 unspecified atom stereocenters. The number of aromatic nitrogens is 4. The van der Waals surface area contributed by atoms with Gasteiger partial charge in [-0.3, -0.25) is 14.2 Å². The molecule has 0 bridgehead atoms. The van der Waals surface area contributed by atoms with Gasteiger partial charge in [-0.05, 0) is 49.9 Å². The third kappa shape index (κ3) is 7.34. The lowest BCUT2D eigenvalue weighted by Crippen LogP contribution is -2.42. The highest BCUT2D eigenvalue weighted by molar-refractivity contribution is 5.94. The lowest BCUT2D eigenvalue weighted by molar-refractivity contribution is -0.137. The summed E-state index contributed by atoms with van der Waals surface area (Å²) in [5.41, 5.74) is 2.77. The van der Waals surface area contributed by atoms with Crippen molar-refractivity contribution in [2.24, 2.45) is 5.92 Å². The minimum Gasteiger partial charge on any atom is -0.387 e. The van der Waals surface area contributed by atoms with Crippen molar-refractivity contribution in [1.29, 1.82) is 0 Å². The summed E-state index contributed by atoms with van der Waals surface area (Å²) in [6.45, 7) is 7.95. The highest BCUT2D eigenvalue weighted by Crippen LogP contribution is 2.33. The Hall–Kier alpha value is -4.43. The Labute approximate surface area is 279 Å². The van der Waals surface area contributed by atoms with Crippen LogP contribution >= 0.6 is 0 Å². The number of piperidine rings is 1. The van der Waals surface area contributed by atoms with E-state index < -0.39 is 36.4 Å². The van der Waals surface area contributed by atoms with Crippen LogP contribution < -0.4 is 16.0 Å². The van der Waals surface area contributed by atoms with E-state index >= 15 is 0 Å². The Morgan fingerprint density at radius 2 is 1.62 bits per heavy atom. The van der Waals surface area contributed by atoms with Crippen molar-refractivity contribution in [2.45, 2.75) is 57.1 Å². The van der Waals surface area contributed by atoms with Gasteiger partial charge in [-0.1, -0.05) is 67.6 Å². The highest BCUT2D eigenvalue weighted by Gasteiger charge is 2.47. The van der Waals surface area contributed by atoms with Crippen LogP contribution in [-0.2, 0) is 9.53 Å². The van der Waals surface area contributed by atoms with E-state index in [0.717, 1.165) is 49.5 Å². The molecular weight excluding hydrogens is 612 g/mol. The number of anilines is 1. The Balaban J connectivity index is 1.30. The third-order valence-electron chi connectivity index (χ3n) is 9.21. The summed E-state index contributed by atoms with van der Waals surface area (Å²) in [6.07, 6.45) is -1.70. The first kappa shape index (κ1) is 33.5. The maximum absolute atomic E-state index is 13.5. The fraction of sp³-hybridized carbons (Fsp3) is 0.457. The number of imidazole rings is 1. The van der Waals surface area contributed by atoms with Gasteiger partial charge < -0.3 is 35.8 Å². The van der Waals surface area contributed by atoms with Gasteiger partial charge >= 0.3 is 0 Å². The molecule has 0 radical (unpaired) electrons. The van der Waals surface area contributed by atoms with Crippen LogP contribution in [0.1, 0.15) is 60.6 Å². The van der Waals surface area contributed by atoms with Crippen LogP contribution in [-0.4, -0.2) is 104 Å². The van der Waals surface area contributed by atoms with E-state index in [9.17, 15) is 19.8 Å². The number of nitrogens with one attached hydrogen (secondary N) is 3. The van der Waals surface area contributed by atoms with Gasteiger partial charge in [-0.15, -0.1) is 0 Å². The quantitative estimate of drug-likeness (QED) is 0.153. The largest absolute Gasteiger partial charge is 0.387 e. The number of rotatable bonds is 12. The number of benzene rings is 2. The Morgan fingerprint density at radius 1 is 0.958 bits per heavy atom. The molecule has 2 aliphatic rings. The lowest BCUT2D eigenvalue weighted by atomic mass is 9.91. The van der Waals surface area contributed by atoms with Crippen LogP contribution in [0.3, 0.4) is 0 Å². The second-order valence-electron chi connectivity index (χ2n) is 12.6. The summed E-state index contributed by atoms with van der Waals surface area (Å²) in [4.78, 5) is 42.2. The van der Waals surface area contributed by atoms with Crippen LogP contribution in [0.2, 0.25) is 0 Å². The highest BCUT2D eigenvalue weighted by atomic mass is 16.6. The van der Waals surface area contributed by atoms with E-state index in [4.69, 9.17) is 4.74 Å². The average Bonchev–Trinajstić information content (AvgIpc) is 3.66. The van der Waals surface area contributed by atoms with Crippen molar-refractivity contribution >= 4 is 28.8 Å². The molecule has 2 fully saturated rings. The van der Waals surface area contributed by atoms with Crippen molar-refractivity contribution in [1.82, 2.24) is 35.1 Å². The van der Waals surface area contributed by atoms with E-state index in [1.165, 1.54) is 10.9 Å². The van der Waals surface area contributed by atoms with E-state index in [1.807, 2.05) is 36.4 Å². The molecule has 0 saturated carbocycles. The molecular formula is C35H44N8O5. The monoisotopic (exact) mass is 656 g/mol. The van der Waals surface area contributed by atoms with Gasteiger partial charge in [0, 0.05) is 32.1 Å². The van der Waals surface area contributed by atoms with Crippen molar-refractivity contribution in [3.05, 3.63) is 83.9 Å². The third-order valence-corrected chi connectivity index (χ3v) is 9.21. The van der Waals surface area contributed by atoms with Gasteiger partial charge in [0.25, 0.3) is 11.8 Å². The number of ether oxygens (including phenoxy) is 1. The topological polar surface area (TPSA) is 167 Å². The molecule has 6 rings (SSSR count). The standard InChI is InChI=1S/C35H44N8O5/c1-3-36-33(46)29-27(44)28(45)35(48-29)43-21-39-26-30(38-20-25(23-10-6-4-7-11-23)24-12-8-5-9-13-24)40-31(41-32(26)43)34(47)37-16-19-42-17-14-22(2)15-18-42/h4-13,21-22,25,27-29,35,44-45H,3,14-20H2,1-2H3,(H,36,46)(H,37,47)(H,38,40,41)/t27-,28+,29-,35+/m0/s1. The van der Waals surface area contributed by atoms with E-state index in [-0.39, 0.29) is 17.4 Å². The predicted molar refractivity (Wildman–Crippen MR) is 180 cm³/mol. The Morgan fingerprint density at radius 3 is 2.27 bits per heavy atom. The molecule has 48 heavy (non-hydrogen) atoms. The first-order valence-corrected chi connectivity index (χ1v) is 16.7. The van der Waals surface area contributed by atoms with Gasteiger partial charge in [0.15, 0.2) is 29.3 Å². The second-order valence-corrected chi connectivity index (χ2v) is 12.6. The van der Waals surface area contributed by atoms with Crippen molar-refractivity contribution in [2.75, 3.05) is 44.6 Å². The van der Waals surface area contributed by atoms with Gasteiger partial charge in [0.05, 0.1) is 6.33 Å². The molecule has 4 aromatic rings. The number of nitrogens with zero attached hydrogens (tertiary/aromatic N) is 5. The van der Waals surface area contributed by atoms with Gasteiger partial charge in [-0.2, -0.15) is 0 Å². The predicted octanol–water partition coefficient (Wildman–Crippen LogP) is 2.29. The summed E-state index contributed by atoms with van der Waals surface area (Å²) < 4.78 is 7.31. The SMILES string of the molecule is CCNC(=O)[C@H]1O[C@@H](n2cnc3c(NCC(c4ccccc4)c4ccccc4)nc(C(=O)NCCN4CCC(C)CC4)nc32)[C@H](O)[C@@H]1O. The number of hydrogen-bond donors (Lipinski definition) is 5. The van der Waals surface area contributed by atoms with Crippen LogP contribution in [0.5, 0.6) is 0 Å². The van der Waals surface area contributed by atoms with Crippen molar-refractivity contribution < 1.29 is 24.5 Å². The number of aliphatic hydroxyl groups excluding tert-OH is 2. The van der Waals surface area contributed by atoms with Gasteiger partial charge in [0.2, 0.25) is 5.82 Å².